The van der Waals surface area contributed by atoms with Crippen LogP contribution < -0.4 is 16.8 Å². The summed E-state index contributed by atoms with van der Waals surface area (Å²) in [7, 11) is 1.64. The van der Waals surface area contributed by atoms with Gasteiger partial charge in [0.1, 0.15) is 11.7 Å². The molecule has 1 unspecified atom stereocenters. The molecule has 0 saturated heterocycles. The van der Waals surface area contributed by atoms with E-state index >= 15 is 0 Å². The summed E-state index contributed by atoms with van der Waals surface area (Å²) in [5.41, 5.74) is 13.0. The first-order chi connectivity index (χ1) is 20.4. The van der Waals surface area contributed by atoms with Crippen LogP contribution in [0.2, 0.25) is 0 Å². The van der Waals surface area contributed by atoms with Crippen LogP contribution in [0.4, 0.5) is 18.9 Å². The highest BCUT2D eigenvalue weighted by Gasteiger charge is 2.30. The number of nitrogens with zero attached hydrogens (tertiary/aromatic N) is 1. The zero-order chi connectivity index (χ0) is 31.3. The van der Waals surface area contributed by atoms with Crippen molar-refractivity contribution in [3.63, 3.8) is 0 Å². The Morgan fingerprint density at radius 3 is 2.09 bits per heavy atom. The highest BCUT2D eigenvalue weighted by atomic mass is 19.4. The molecule has 0 radical (unpaired) electrons. The van der Waals surface area contributed by atoms with Gasteiger partial charge in [-0.2, -0.15) is 13.2 Å². The highest BCUT2D eigenvalue weighted by Crippen LogP contribution is 2.32. The molecule has 2 amide bonds. The largest absolute Gasteiger partial charge is 0.477 e. The summed E-state index contributed by atoms with van der Waals surface area (Å²) in [5, 5.41) is 12.7. The van der Waals surface area contributed by atoms with E-state index in [1.807, 2.05) is 18.2 Å². The number of fused-ring (bicyclic) bond motifs is 1. The fourth-order valence-corrected chi connectivity index (χ4v) is 4.43. The normalized spacial score (nSPS) is 11.7. The molecule has 11 heteroatoms. The topological polar surface area (TPSA) is 140 Å². The van der Waals surface area contributed by atoms with Crippen molar-refractivity contribution < 1.29 is 32.7 Å². The van der Waals surface area contributed by atoms with Gasteiger partial charge in [-0.3, -0.25) is 9.59 Å². The third-order valence-corrected chi connectivity index (χ3v) is 6.68. The molecule has 0 aliphatic rings. The number of rotatable bonds is 6. The van der Waals surface area contributed by atoms with Gasteiger partial charge in [-0.1, -0.05) is 60.7 Å². The van der Waals surface area contributed by atoms with E-state index in [1.165, 1.54) is 18.2 Å². The lowest BCUT2D eigenvalue weighted by Crippen LogP contribution is -2.27. The number of alkyl halides is 3. The number of halogens is 3. The van der Waals surface area contributed by atoms with E-state index in [1.54, 1.807) is 66.2 Å². The minimum absolute atomic E-state index is 0.121. The summed E-state index contributed by atoms with van der Waals surface area (Å²) >= 11 is 0. The molecule has 0 aliphatic heterocycles. The molecule has 0 saturated carbocycles. The molecule has 43 heavy (non-hydrogen) atoms. The lowest BCUT2D eigenvalue weighted by molar-refractivity contribution is -0.137. The van der Waals surface area contributed by atoms with Crippen LogP contribution in [0.3, 0.4) is 0 Å². The second-order valence-electron chi connectivity index (χ2n) is 9.53. The van der Waals surface area contributed by atoms with Crippen LogP contribution >= 0.6 is 0 Å². The minimum atomic E-state index is -4.44. The van der Waals surface area contributed by atoms with Gasteiger partial charge in [0.25, 0.3) is 5.91 Å². The second kappa shape index (κ2) is 12.6. The second-order valence-corrected chi connectivity index (χ2v) is 9.53. The molecule has 0 aliphatic carbocycles. The number of nitrogens with one attached hydrogen (secondary N) is 1. The van der Waals surface area contributed by atoms with Crippen molar-refractivity contribution in [1.29, 1.82) is 0 Å². The molecule has 220 valence electrons. The van der Waals surface area contributed by atoms with E-state index in [0.717, 1.165) is 17.7 Å². The number of amides is 2. The first-order valence-corrected chi connectivity index (χ1v) is 12.9. The van der Waals surface area contributed by atoms with E-state index in [4.69, 9.17) is 11.5 Å². The number of aromatic carboxylic acids is 1. The number of aryl methyl sites for hydroxylation is 1. The summed E-state index contributed by atoms with van der Waals surface area (Å²) in [4.78, 5) is 34.9. The maximum atomic E-state index is 13.0. The Kier molecular flexibility index (Phi) is 8.96. The van der Waals surface area contributed by atoms with Crippen LogP contribution in [0, 0.1) is 0 Å². The van der Waals surface area contributed by atoms with Crippen LogP contribution in [0.5, 0.6) is 0 Å². The number of carbonyl (C=O) groups excluding carboxylic acids is 2. The molecule has 6 N–H and O–H groups in total. The number of aromatic nitrogens is 1. The zero-order valence-corrected chi connectivity index (χ0v) is 22.8. The van der Waals surface area contributed by atoms with Gasteiger partial charge in [0.15, 0.2) is 0 Å². The average molecular weight is 589 g/mol. The first kappa shape index (κ1) is 30.5. The number of primary amides is 1. The van der Waals surface area contributed by atoms with E-state index < -0.39 is 35.6 Å². The van der Waals surface area contributed by atoms with E-state index in [9.17, 15) is 32.7 Å². The SMILES string of the molecule is Cn1c(C(=O)O)cc2cc(NC(=O)c3ccccc3-c3ccc(C(F)(F)F)cc3)ccc21.NC(=O)C(N)c1ccccc1. The monoisotopic (exact) mass is 588 g/mol. The number of anilines is 1. The molecule has 1 aromatic heterocycles. The Labute approximate surface area is 244 Å². The fraction of sp³-hybridized carbons (Fsp3) is 0.0938. The molecule has 0 bridgehead atoms. The summed E-state index contributed by atoms with van der Waals surface area (Å²) < 4.78 is 40.1. The third-order valence-electron chi connectivity index (χ3n) is 6.68. The Balaban J connectivity index is 0.000000324. The maximum Gasteiger partial charge on any atom is 0.416 e. The summed E-state index contributed by atoms with van der Waals surface area (Å²) in [6.07, 6.45) is -4.44. The maximum absolute atomic E-state index is 13.0. The van der Waals surface area contributed by atoms with Gasteiger partial charge in [-0.15, -0.1) is 0 Å². The predicted octanol–water partition coefficient (Wildman–Crippen LogP) is 5.99. The van der Waals surface area contributed by atoms with Gasteiger partial charge in [0, 0.05) is 29.2 Å². The van der Waals surface area contributed by atoms with Crippen molar-refractivity contribution in [1.82, 2.24) is 4.57 Å². The smallest absolute Gasteiger partial charge is 0.416 e. The highest BCUT2D eigenvalue weighted by molar-refractivity contribution is 6.09. The molecule has 0 fully saturated rings. The lowest BCUT2D eigenvalue weighted by Gasteiger charge is -2.12. The van der Waals surface area contributed by atoms with E-state index in [2.05, 4.69) is 5.32 Å². The van der Waals surface area contributed by atoms with Gasteiger partial charge in [-0.05, 0) is 59.2 Å². The van der Waals surface area contributed by atoms with Crippen molar-refractivity contribution in [3.05, 3.63) is 126 Å². The number of benzene rings is 4. The van der Waals surface area contributed by atoms with Gasteiger partial charge >= 0.3 is 12.1 Å². The quantitative estimate of drug-likeness (QED) is 0.193. The van der Waals surface area contributed by atoms with Crippen molar-refractivity contribution in [2.45, 2.75) is 12.2 Å². The van der Waals surface area contributed by atoms with Crippen molar-refractivity contribution >= 4 is 34.4 Å². The van der Waals surface area contributed by atoms with Crippen LogP contribution in [-0.4, -0.2) is 27.5 Å². The Bertz CT molecular complexity index is 1780. The van der Waals surface area contributed by atoms with Gasteiger partial charge in [0.2, 0.25) is 5.91 Å². The zero-order valence-electron chi connectivity index (χ0n) is 22.8. The molecule has 5 rings (SSSR count). The van der Waals surface area contributed by atoms with Crippen LogP contribution in [0.25, 0.3) is 22.0 Å². The summed E-state index contributed by atoms with van der Waals surface area (Å²) in [5.74, 6) is -2.00. The molecular formula is C32H27F3N4O4. The average Bonchev–Trinajstić information content (AvgIpc) is 3.33. The molecular weight excluding hydrogens is 561 g/mol. The Hall–Kier alpha value is -5.42. The summed E-state index contributed by atoms with van der Waals surface area (Å²) in [6, 6.07) is 26.2. The van der Waals surface area contributed by atoms with E-state index in [0.29, 0.717) is 33.3 Å². The van der Waals surface area contributed by atoms with Gasteiger partial charge in [-0.25, -0.2) is 4.79 Å². The van der Waals surface area contributed by atoms with Crippen molar-refractivity contribution in [3.8, 4) is 11.1 Å². The lowest BCUT2D eigenvalue weighted by atomic mass is 9.98. The third kappa shape index (κ3) is 7.08. The van der Waals surface area contributed by atoms with Crippen molar-refractivity contribution in [2.75, 3.05) is 5.32 Å². The van der Waals surface area contributed by atoms with Gasteiger partial charge in [0.05, 0.1) is 5.56 Å². The predicted molar refractivity (Wildman–Crippen MR) is 157 cm³/mol. The number of nitrogens with two attached hydrogens (primary N) is 2. The molecule has 1 heterocycles. The number of carboxylic acid groups (broad SMARTS) is 1. The number of carboxylic acids is 1. The van der Waals surface area contributed by atoms with Gasteiger partial charge < -0.3 is 26.5 Å². The molecule has 5 aromatic rings. The Morgan fingerprint density at radius 2 is 1.49 bits per heavy atom. The minimum Gasteiger partial charge on any atom is -0.477 e. The van der Waals surface area contributed by atoms with Crippen molar-refractivity contribution in [2.24, 2.45) is 18.5 Å². The first-order valence-electron chi connectivity index (χ1n) is 12.9. The standard InChI is InChI=1S/C24H17F3N2O3.C8H10N2O/c1-29-20-11-10-17(12-15(20)13-21(29)23(31)32)28-22(30)19-5-3-2-4-18(19)14-6-8-16(9-7-14)24(25,26)27;9-7(8(10)11)6-4-2-1-3-5-6/h2-13H,1H3,(H,28,30)(H,31,32);1-5,7H,9H2,(H2,10,11). The van der Waals surface area contributed by atoms with Crippen LogP contribution in [-0.2, 0) is 18.0 Å². The number of carbonyl (C=O) groups is 3. The molecule has 8 nitrogen and oxygen atoms in total. The number of hydrogen-bond donors (Lipinski definition) is 4. The molecule has 4 aromatic carbocycles. The molecule has 0 spiro atoms. The fourth-order valence-electron chi connectivity index (χ4n) is 4.43. The summed E-state index contributed by atoms with van der Waals surface area (Å²) in [6.45, 7) is 0. The van der Waals surface area contributed by atoms with Crippen LogP contribution in [0.15, 0.2) is 103 Å². The Morgan fingerprint density at radius 1 is 0.860 bits per heavy atom. The van der Waals surface area contributed by atoms with E-state index in [-0.39, 0.29) is 5.69 Å². The number of hydrogen-bond acceptors (Lipinski definition) is 4. The molecule has 1 atom stereocenters. The van der Waals surface area contributed by atoms with Crippen LogP contribution in [0.1, 0.15) is 38.0 Å².